The zero-order valence-corrected chi connectivity index (χ0v) is 13.3. The van der Waals surface area contributed by atoms with Gasteiger partial charge in [0.25, 0.3) is 0 Å². The molecule has 0 heterocycles. The van der Waals surface area contributed by atoms with Crippen LogP contribution in [0.3, 0.4) is 0 Å². The Balaban J connectivity index is 2.35. The van der Waals surface area contributed by atoms with Gasteiger partial charge in [0, 0.05) is 10.0 Å². The van der Waals surface area contributed by atoms with Crippen LogP contribution in [-0.4, -0.2) is 0 Å². The van der Waals surface area contributed by atoms with Crippen molar-refractivity contribution in [3.63, 3.8) is 0 Å². The minimum atomic E-state index is 0.437. The van der Waals surface area contributed by atoms with E-state index in [9.17, 15) is 0 Å². The molecule has 2 aromatic carbocycles. The number of hydrogen-bond donors (Lipinski definition) is 0. The fourth-order valence-electron chi connectivity index (χ4n) is 1.38. The first kappa shape index (κ1) is 13.2. The molecule has 0 radical (unpaired) electrons. The Labute approximate surface area is 127 Å². The van der Waals surface area contributed by atoms with Gasteiger partial charge in [-0.15, -0.1) is 11.6 Å². The van der Waals surface area contributed by atoms with Crippen LogP contribution in [0.25, 0.3) is 0 Å². The molecule has 0 aliphatic heterocycles. The highest BCUT2D eigenvalue weighted by Crippen LogP contribution is 2.31. The lowest BCUT2D eigenvalue weighted by molar-refractivity contribution is 0.474. The van der Waals surface area contributed by atoms with Gasteiger partial charge in [-0.2, -0.15) is 0 Å². The van der Waals surface area contributed by atoms with Crippen molar-refractivity contribution in [2.75, 3.05) is 0 Å². The van der Waals surface area contributed by atoms with Crippen LogP contribution in [0.5, 0.6) is 11.5 Å². The van der Waals surface area contributed by atoms with Crippen molar-refractivity contribution < 1.29 is 4.74 Å². The lowest BCUT2D eigenvalue weighted by Gasteiger charge is -2.11. The summed E-state index contributed by atoms with van der Waals surface area (Å²) < 4.78 is 7.94. The zero-order chi connectivity index (χ0) is 12.3. The maximum atomic E-state index is 5.89. The third-order valence-corrected chi connectivity index (χ3v) is 3.90. The summed E-state index contributed by atoms with van der Waals surface area (Å²) in [5.74, 6) is 2.07. The summed E-state index contributed by atoms with van der Waals surface area (Å²) in [5, 5.41) is 0. The maximum Gasteiger partial charge on any atom is 0.140 e. The van der Waals surface area contributed by atoms with Crippen LogP contribution in [-0.2, 0) is 5.88 Å². The zero-order valence-electron chi connectivity index (χ0n) is 8.79. The van der Waals surface area contributed by atoms with Crippen molar-refractivity contribution in [3.8, 4) is 11.5 Å². The van der Waals surface area contributed by atoms with E-state index in [4.69, 9.17) is 16.3 Å². The fourth-order valence-corrected chi connectivity index (χ4v) is 2.44. The second-order valence-corrected chi connectivity index (χ2v) is 5.76. The highest BCUT2D eigenvalue weighted by molar-refractivity contribution is 14.1. The summed E-state index contributed by atoms with van der Waals surface area (Å²) in [4.78, 5) is 0. The van der Waals surface area contributed by atoms with Gasteiger partial charge in [0.2, 0.25) is 0 Å². The molecule has 0 amide bonds. The Bertz CT molecular complexity index is 531. The Morgan fingerprint density at radius 1 is 1.12 bits per heavy atom. The first-order valence-corrected chi connectivity index (χ1v) is 7.38. The second-order valence-electron chi connectivity index (χ2n) is 3.42. The Morgan fingerprint density at radius 2 is 1.88 bits per heavy atom. The monoisotopic (exact) mass is 422 g/mol. The Morgan fingerprint density at radius 3 is 2.59 bits per heavy atom. The number of halogens is 3. The molecule has 17 heavy (non-hydrogen) atoms. The topological polar surface area (TPSA) is 9.23 Å². The molecule has 2 aromatic rings. The van der Waals surface area contributed by atoms with E-state index in [1.165, 1.54) is 0 Å². The van der Waals surface area contributed by atoms with Gasteiger partial charge in [0.1, 0.15) is 11.5 Å². The molecule has 0 aliphatic carbocycles. The normalized spacial score (nSPS) is 10.3. The van der Waals surface area contributed by atoms with E-state index < -0.39 is 0 Å². The Kier molecular flexibility index (Phi) is 4.70. The predicted octanol–water partition coefficient (Wildman–Crippen LogP) is 5.58. The van der Waals surface area contributed by atoms with Crippen LogP contribution in [0.2, 0.25) is 0 Å². The van der Waals surface area contributed by atoms with Gasteiger partial charge in [-0.1, -0.05) is 34.1 Å². The van der Waals surface area contributed by atoms with Crippen molar-refractivity contribution >= 4 is 50.1 Å². The number of ether oxygens (including phenoxy) is 1. The van der Waals surface area contributed by atoms with Crippen molar-refractivity contribution in [2.45, 2.75) is 5.88 Å². The summed E-state index contributed by atoms with van der Waals surface area (Å²) >= 11 is 11.6. The summed E-state index contributed by atoms with van der Waals surface area (Å²) in [5.41, 5.74) is 0.981. The average Bonchev–Trinajstić information content (AvgIpc) is 2.32. The fraction of sp³-hybridized carbons (Fsp3) is 0.0769. The van der Waals surface area contributed by atoms with Crippen molar-refractivity contribution in [1.29, 1.82) is 0 Å². The van der Waals surface area contributed by atoms with E-state index >= 15 is 0 Å². The highest BCUT2D eigenvalue weighted by Gasteiger charge is 2.07. The van der Waals surface area contributed by atoms with Crippen LogP contribution >= 0.6 is 50.1 Å². The molecule has 88 valence electrons. The van der Waals surface area contributed by atoms with Crippen molar-refractivity contribution in [3.05, 3.63) is 56.1 Å². The molecular formula is C13H9BrClIO. The van der Waals surface area contributed by atoms with Crippen molar-refractivity contribution in [1.82, 2.24) is 0 Å². The SMILES string of the molecule is ClCc1ccc(Br)cc1Oc1ccccc1I. The number of benzene rings is 2. The number of hydrogen-bond acceptors (Lipinski definition) is 1. The lowest BCUT2D eigenvalue weighted by atomic mass is 10.2. The smallest absolute Gasteiger partial charge is 0.140 e. The maximum absolute atomic E-state index is 5.89. The quantitative estimate of drug-likeness (QED) is 0.462. The van der Waals surface area contributed by atoms with Gasteiger partial charge in [0.15, 0.2) is 0 Å². The lowest BCUT2D eigenvalue weighted by Crippen LogP contribution is -1.91. The first-order chi connectivity index (χ1) is 8.20. The van der Waals surface area contributed by atoms with Gasteiger partial charge >= 0.3 is 0 Å². The second kappa shape index (κ2) is 6.07. The first-order valence-electron chi connectivity index (χ1n) is 4.97. The molecule has 0 fully saturated rings. The molecule has 0 atom stereocenters. The predicted molar refractivity (Wildman–Crippen MR) is 82.9 cm³/mol. The van der Waals surface area contributed by atoms with E-state index in [0.717, 1.165) is 25.1 Å². The molecule has 1 nitrogen and oxygen atoms in total. The van der Waals surface area contributed by atoms with E-state index in [-0.39, 0.29) is 0 Å². The van der Waals surface area contributed by atoms with Crippen LogP contribution in [0, 0.1) is 3.57 Å². The van der Waals surface area contributed by atoms with Gasteiger partial charge < -0.3 is 4.74 Å². The molecule has 0 bridgehead atoms. The van der Waals surface area contributed by atoms with E-state index in [2.05, 4.69) is 38.5 Å². The molecule has 0 saturated heterocycles. The number of alkyl halides is 1. The standard InChI is InChI=1S/C13H9BrClIO/c14-10-6-5-9(8-15)13(7-10)17-12-4-2-1-3-11(12)16/h1-7H,8H2. The minimum absolute atomic E-state index is 0.437. The summed E-state index contributed by atoms with van der Waals surface area (Å²) in [6.45, 7) is 0. The largest absolute Gasteiger partial charge is 0.456 e. The number of rotatable bonds is 3. The third-order valence-electron chi connectivity index (χ3n) is 2.23. The van der Waals surface area contributed by atoms with E-state index in [1.54, 1.807) is 0 Å². The summed E-state index contributed by atoms with van der Waals surface area (Å²) in [6, 6.07) is 13.7. The number of para-hydroxylation sites is 1. The van der Waals surface area contributed by atoms with Gasteiger partial charge in [-0.05, 0) is 46.9 Å². The Hall–Kier alpha value is -0.260. The molecular weight excluding hydrogens is 414 g/mol. The third kappa shape index (κ3) is 3.36. The van der Waals surface area contributed by atoms with Crippen LogP contribution in [0.15, 0.2) is 46.9 Å². The van der Waals surface area contributed by atoms with Gasteiger partial charge in [-0.25, -0.2) is 0 Å². The van der Waals surface area contributed by atoms with Crippen LogP contribution in [0.4, 0.5) is 0 Å². The summed E-state index contributed by atoms with van der Waals surface area (Å²) in [7, 11) is 0. The highest BCUT2D eigenvalue weighted by atomic mass is 127. The molecule has 2 rings (SSSR count). The van der Waals surface area contributed by atoms with Gasteiger partial charge in [0.05, 0.1) is 9.45 Å². The molecule has 0 unspecified atom stereocenters. The van der Waals surface area contributed by atoms with E-state index in [1.807, 2.05) is 42.5 Å². The van der Waals surface area contributed by atoms with Gasteiger partial charge in [-0.3, -0.25) is 0 Å². The molecule has 0 aliphatic rings. The summed E-state index contributed by atoms with van der Waals surface area (Å²) in [6.07, 6.45) is 0. The molecule has 4 heteroatoms. The van der Waals surface area contributed by atoms with Crippen LogP contribution in [0.1, 0.15) is 5.56 Å². The minimum Gasteiger partial charge on any atom is -0.456 e. The average molecular weight is 423 g/mol. The molecule has 0 saturated carbocycles. The molecule has 0 spiro atoms. The van der Waals surface area contributed by atoms with E-state index in [0.29, 0.717) is 5.88 Å². The van der Waals surface area contributed by atoms with Crippen molar-refractivity contribution in [2.24, 2.45) is 0 Å². The molecule has 0 N–H and O–H groups in total. The van der Waals surface area contributed by atoms with Crippen LogP contribution < -0.4 is 4.74 Å². The molecule has 0 aromatic heterocycles.